The maximum atomic E-state index is 14.9. The average Bonchev–Trinajstić information content (AvgIpc) is 3.01. The first-order valence-corrected chi connectivity index (χ1v) is 11.7. The average molecular weight is 437 g/mol. The highest BCUT2D eigenvalue weighted by Crippen LogP contribution is 2.65. The molecule has 25 heavy (non-hydrogen) atoms. The predicted octanol–water partition coefficient (Wildman–Crippen LogP) is 5.28. The van der Waals surface area contributed by atoms with E-state index < -0.39 is 33.4 Å². The van der Waals surface area contributed by atoms with E-state index in [1.165, 1.54) is 45.2 Å². The summed E-state index contributed by atoms with van der Waals surface area (Å²) >= 11 is 6.75. The van der Waals surface area contributed by atoms with Gasteiger partial charge in [0.15, 0.2) is 0 Å². The standard InChI is InChI=1S/C14H20ClF2O5PS2/c1-5-21-23(18,22-6-2)14(16,17)13(15)12(10(3)4)25(19,20)11-8-7-9-24-11/h7-9,13H,5-6H2,1-4H3. The van der Waals surface area contributed by atoms with Gasteiger partial charge in [-0.3, -0.25) is 4.57 Å². The molecule has 0 aromatic carbocycles. The molecule has 0 amide bonds. The number of thiophene rings is 1. The van der Waals surface area contributed by atoms with E-state index in [9.17, 15) is 21.8 Å². The van der Waals surface area contributed by atoms with Crippen LogP contribution in [0.25, 0.3) is 0 Å². The smallest absolute Gasteiger partial charge is 0.305 e. The van der Waals surface area contributed by atoms with E-state index in [4.69, 9.17) is 11.6 Å². The lowest BCUT2D eigenvalue weighted by Crippen LogP contribution is -2.35. The Kier molecular flexibility index (Phi) is 7.81. The molecule has 11 heteroatoms. The molecule has 0 saturated carbocycles. The van der Waals surface area contributed by atoms with E-state index in [2.05, 4.69) is 9.05 Å². The summed E-state index contributed by atoms with van der Waals surface area (Å²) in [4.78, 5) is -0.707. The molecule has 0 fully saturated rings. The molecule has 0 aliphatic heterocycles. The van der Waals surface area contributed by atoms with Crippen molar-refractivity contribution in [2.24, 2.45) is 0 Å². The van der Waals surface area contributed by atoms with Gasteiger partial charge < -0.3 is 9.05 Å². The number of allylic oxidation sites excluding steroid dienone is 2. The Balaban J connectivity index is 3.48. The molecule has 0 bridgehead atoms. The van der Waals surface area contributed by atoms with Gasteiger partial charge in [-0.25, -0.2) is 8.42 Å². The Morgan fingerprint density at radius 1 is 1.32 bits per heavy atom. The summed E-state index contributed by atoms with van der Waals surface area (Å²) in [5, 5.41) is -0.907. The molecule has 1 unspecified atom stereocenters. The fraction of sp³-hybridized carbons (Fsp3) is 0.571. The van der Waals surface area contributed by atoms with Crippen molar-refractivity contribution >= 4 is 40.4 Å². The zero-order valence-corrected chi connectivity index (χ0v) is 17.4. The predicted molar refractivity (Wildman–Crippen MR) is 95.3 cm³/mol. The Hall–Kier alpha value is -0.310. The summed E-state index contributed by atoms with van der Waals surface area (Å²) in [5.41, 5.74) is -4.18. The molecule has 1 aromatic rings. The van der Waals surface area contributed by atoms with Crippen molar-refractivity contribution in [3.8, 4) is 0 Å². The number of alkyl halides is 3. The lowest BCUT2D eigenvalue weighted by Gasteiger charge is -2.30. The molecule has 0 radical (unpaired) electrons. The van der Waals surface area contributed by atoms with Gasteiger partial charge in [-0.1, -0.05) is 11.6 Å². The van der Waals surface area contributed by atoms with Crippen LogP contribution in [0.2, 0.25) is 0 Å². The van der Waals surface area contributed by atoms with Crippen molar-refractivity contribution in [1.82, 2.24) is 0 Å². The van der Waals surface area contributed by atoms with Crippen LogP contribution in [0.15, 0.2) is 32.2 Å². The minimum absolute atomic E-state index is 0.0626. The summed E-state index contributed by atoms with van der Waals surface area (Å²) in [6.07, 6.45) is 0. The fourth-order valence-electron chi connectivity index (χ4n) is 2.03. The molecular weight excluding hydrogens is 417 g/mol. The number of hydrogen-bond donors (Lipinski definition) is 0. The third-order valence-corrected chi connectivity index (χ3v) is 9.50. The lowest BCUT2D eigenvalue weighted by atomic mass is 10.2. The summed E-state index contributed by atoms with van der Waals surface area (Å²) in [7, 11) is -9.25. The zero-order chi connectivity index (χ0) is 19.5. The van der Waals surface area contributed by atoms with E-state index in [0.29, 0.717) is 0 Å². The molecule has 1 heterocycles. The first-order valence-electron chi connectivity index (χ1n) is 7.32. The molecule has 1 atom stereocenters. The van der Waals surface area contributed by atoms with Crippen LogP contribution in [0.1, 0.15) is 27.7 Å². The van der Waals surface area contributed by atoms with Crippen LogP contribution in [-0.2, 0) is 23.4 Å². The van der Waals surface area contributed by atoms with Crippen molar-refractivity contribution in [3.63, 3.8) is 0 Å². The molecule has 0 N–H and O–H groups in total. The van der Waals surface area contributed by atoms with E-state index in [0.717, 1.165) is 11.3 Å². The maximum absolute atomic E-state index is 14.9. The Morgan fingerprint density at radius 2 is 1.84 bits per heavy atom. The summed E-state index contributed by atoms with van der Waals surface area (Å²) < 4.78 is 77.0. The number of hydrogen-bond acceptors (Lipinski definition) is 6. The van der Waals surface area contributed by atoms with Gasteiger partial charge in [0.1, 0.15) is 9.59 Å². The highest BCUT2D eigenvalue weighted by atomic mass is 35.5. The van der Waals surface area contributed by atoms with Gasteiger partial charge in [-0.2, -0.15) is 8.78 Å². The first kappa shape index (κ1) is 22.7. The zero-order valence-electron chi connectivity index (χ0n) is 14.2. The van der Waals surface area contributed by atoms with Crippen molar-refractivity contribution in [1.29, 1.82) is 0 Å². The molecule has 144 valence electrons. The Morgan fingerprint density at radius 3 is 2.20 bits per heavy atom. The molecule has 0 spiro atoms. The van der Waals surface area contributed by atoms with Gasteiger partial charge in [0, 0.05) is 0 Å². The van der Waals surface area contributed by atoms with E-state index in [1.54, 1.807) is 0 Å². The molecule has 0 saturated heterocycles. The minimum atomic E-state index is -4.98. The van der Waals surface area contributed by atoms with Gasteiger partial charge in [-0.05, 0) is 39.1 Å². The van der Waals surface area contributed by atoms with Crippen molar-refractivity contribution in [2.45, 2.75) is 42.9 Å². The first-order chi connectivity index (χ1) is 11.5. The number of sulfone groups is 1. The molecule has 0 aliphatic rings. The van der Waals surface area contributed by atoms with Crippen LogP contribution in [0.4, 0.5) is 8.78 Å². The molecule has 1 aromatic heterocycles. The fourth-order valence-corrected chi connectivity index (χ4v) is 7.37. The highest BCUT2D eigenvalue weighted by molar-refractivity contribution is 7.97. The third kappa shape index (κ3) is 4.51. The lowest BCUT2D eigenvalue weighted by molar-refractivity contribution is 0.0434. The van der Waals surface area contributed by atoms with Crippen LogP contribution >= 0.6 is 30.5 Å². The second-order valence-corrected chi connectivity index (χ2v) is 10.7. The Bertz CT molecular complexity index is 748. The van der Waals surface area contributed by atoms with Crippen LogP contribution in [0, 0.1) is 0 Å². The summed E-state index contributed by atoms with van der Waals surface area (Å²) in [6.45, 7) is 4.82. The Labute approximate surface area is 155 Å². The van der Waals surface area contributed by atoms with Crippen LogP contribution in [-0.4, -0.2) is 32.7 Å². The summed E-state index contributed by atoms with van der Waals surface area (Å²) in [5.74, 6) is 0. The van der Waals surface area contributed by atoms with Gasteiger partial charge in [0.05, 0.1) is 18.1 Å². The van der Waals surface area contributed by atoms with Crippen molar-refractivity contribution in [2.75, 3.05) is 13.2 Å². The van der Waals surface area contributed by atoms with Gasteiger partial charge in [0.2, 0.25) is 9.84 Å². The largest absolute Gasteiger partial charge is 0.401 e. The van der Waals surface area contributed by atoms with E-state index in [-0.39, 0.29) is 23.0 Å². The molecule has 1 rings (SSSR count). The van der Waals surface area contributed by atoms with Crippen LogP contribution in [0.3, 0.4) is 0 Å². The monoisotopic (exact) mass is 436 g/mol. The highest BCUT2D eigenvalue weighted by Gasteiger charge is 2.61. The van der Waals surface area contributed by atoms with Crippen LogP contribution in [0.5, 0.6) is 0 Å². The molecule has 5 nitrogen and oxygen atoms in total. The SMILES string of the molecule is CCOP(=O)(OCC)C(F)(F)C(Cl)C(=C(C)C)S(=O)(=O)c1cccs1. The molecule has 0 aliphatic carbocycles. The van der Waals surface area contributed by atoms with Gasteiger partial charge in [-0.15, -0.1) is 22.9 Å². The van der Waals surface area contributed by atoms with E-state index >= 15 is 0 Å². The number of rotatable bonds is 9. The molecular formula is C14H20ClF2O5PS2. The minimum Gasteiger partial charge on any atom is -0.305 e. The quantitative estimate of drug-likeness (QED) is 0.389. The van der Waals surface area contributed by atoms with Gasteiger partial charge in [0.25, 0.3) is 0 Å². The topological polar surface area (TPSA) is 69.7 Å². The normalized spacial score (nSPS) is 14.4. The van der Waals surface area contributed by atoms with E-state index in [1.807, 2.05) is 0 Å². The van der Waals surface area contributed by atoms with Crippen molar-refractivity contribution in [3.05, 3.63) is 28.0 Å². The third-order valence-electron chi connectivity index (χ3n) is 3.04. The second kappa shape index (κ2) is 8.59. The number of halogens is 3. The van der Waals surface area contributed by atoms with Crippen LogP contribution < -0.4 is 0 Å². The van der Waals surface area contributed by atoms with Crippen molar-refractivity contribution < 1.29 is 30.8 Å². The summed E-state index contributed by atoms with van der Waals surface area (Å²) in [6, 6.07) is 2.77. The second-order valence-electron chi connectivity index (χ2n) is 5.08. The van der Waals surface area contributed by atoms with Gasteiger partial charge >= 0.3 is 13.3 Å². The maximum Gasteiger partial charge on any atom is 0.401 e.